The smallest absolute Gasteiger partial charge is 0.451 e. The summed E-state index contributed by atoms with van der Waals surface area (Å²) in [4.78, 5) is 36.6. The maximum absolute atomic E-state index is 12.6. The van der Waals surface area contributed by atoms with Crippen LogP contribution in [0.5, 0.6) is 0 Å². The van der Waals surface area contributed by atoms with Gasteiger partial charge in [0.05, 0.1) is 11.1 Å². The van der Waals surface area contributed by atoms with Crippen LogP contribution in [0, 0.1) is 11.8 Å². The van der Waals surface area contributed by atoms with Crippen molar-refractivity contribution >= 4 is 40.6 Å². The molecule has 7 nitrogen and oxygen atoms in total. The summed E-state index contributed by atoms with van der Waals surface area (Å²) in [6, 6.07) is 6.38. The Balaban J connectivity index is 1.73. The van der Waals surface area contributed by atoms with E-state index in [-0.39, 0.29) is 32.5 Å². The number of carbonyl (C=O) groups is 3. The van der Waals surface area contributed by atoms with Crippen molar-refractivity contribution < 1.29 is 67.7 Å². The van der Waals surface area contributed by atoms with E-state index in [1.165, 1.54) is 24.3 Å². The predicted octanol–water partition coefficient (Wildman–Crippen LogP) is 4.94. The molecule has 38 heavy (non-hydrogen) atoms. The van der Waals surface area contributed by atoms with Gasteiger partial charge in [-0.15, -0.1) is 5.06 Å². The van der Waals surface area contributed by atoms with Crippen molar-refractivity contribution in [2.45, 2.75) is 24.0 Å². The molecule has 1 aliphatic rings. The number of hydrogen-bond acceptors (Lipinski definition) is 7. The highest BCUT2D eigenvalue weighted by molar-refractivity contribution is 7.95. The van der Waals surface area contributed by atoms with E-state index < -0.39 is 67.0 Å². The number of amides is 2. The van der Waals surface area contributed by atoms with Gasteiger partial charge in [0, 0.05) is 10.9 Å². The topological polar surface area (TPSA) is 82.1 Å². The van der Waals surface area contributed by atoms with E-state index in [1.54, 1.807) is 0 Å². The average Bonchev–Trinajstić information content (AvgIpc) is 2.78. The SMILES string of the molecule is O=C(COC(C(F)(F)F)C(F)(F)F)OCC#Cc1ccc2c3c(cccc13)C(=O)N(OSC(F)(F)F)C2=O. The van der Waals surface area contributed by atoms with E-state index in [4.69, 9.17) is 0 Å². The largest absolute Gasteiger partial charge is 0.470 e. The maximum atomic E-state index is 12.6. The molecular weight excluding hydrogens is 565 g/mol. The molecule has 3 rings (SSSR count). The Bertz CT molecular complexity index is 1290. The number of nitrogens with zero attached hydrogens (tertiary/aromatic N) is 1. The van der Waals surface area contributed by atoms with Gasteiger partial charge in [0.15, 0.2) is 6.61 Å². The first-order chi connectivity index (χ1) is 17.5. The van der Waals surface area contributed by atoms with Gasteiger partial charge in [-0.1, -0.05) is 24.0 Å². The predicted molar refractivity (Wildman–Crippen MR) is 109 cm³/mol. The van der Waals surface area contributed by atoms with Crippen molar-refractivity contribution in [1.29, 1.82) is 0 Å². The third-order valence-electron chi connectivity index (χ3n) is 4.57. The number of rotatable bonds is 6. The molecule has 0 saturated heterocycles. The van der Waals surface area contributed by atoms with E-state index in [2.05, 4.69) is 25.6 Å². The minimum Gasteiger partial charge on any atom is -0.451 e. The number of carbonyl (C=O) groups excluding carboxylic acids is 3. The number of hydroxylamine groups is 2. The van der Waals surface area contributed by atoms with Crippen LogP contribution in [0.15, 0.2) is 30.3 Å². The Morgan fingerprint density at radius 3 is 2.11 bits per heavy atom. The second kappa shape index (κ2) is 10.7. The number of alkyl halides is 9. The number of halogens is 9. The van der Waals surface area contributed by atoms with Gasteiger partial charge in [0.25, 0.3) is 11.8 Å². The second-order valence-corrected chi connectivity index (χ2v) is 7.91. The van der Waals surface area contributed by atoms with Crippen molar-refractivity contribution in [1.82, 2.24) is 5.06 Å². The van der Waals surface area contributed by atoms with E-state index in [0.717, 1.165) is 6.07 Å². The van der Waals surface area contributed by atoms with Gasteiger partial charge < -0.3 is 9.47 Å². The van der Waals surface area contributed by atoms with Crippen LogP contribution in [0.3, 0.4) is 0 Å². The molecule has 2 amide bonds. The maximum Gasteiger partial charge on any atom is 0.470 e. The molecule has 0 spiro atoms. The highest BCUT2D eigenvalue weighted by Crippen LogP contribution is 2.37. The van der Waals surface area contributed by atoms with Crippen LogP contribution >= 0.6 is 12.0 Å². The lowest BCUT2D eigenvalue weighted by atomic mass is 9.92. The molecule has 0 atom stereocenters. The number of esters is 1. The zero-order valence-electron chi connectivity index (χ0n) is 18.1. The summed E-state index contributed by atoms with van der Waals surface area (Å²) in [5.74, 6) is 0.858. The number of ether oxygens (including phenoxy) is 2. The first-order valence-electron chi connectivity index (χ1n) is 9.77. The van der Waals surface area contributed by atoms with Crippen LogP contribution in [-0.4, -0.2) is 60.0 Å². The Labute approximate surface area is 209 Å². The fourth-order valence-electron chi connectivity index (χ4n) is 3.15. The van der Waals surface area contributed by atoms with Gasteiger partial charge in [0.1, 0.15) is 18.6 Å². The second-order valence-electron chi connectivity index (χ2n) is 7.13. The van der Waals surface area contributed by atoms with E-state index in [9.17, 15) is 53.9 Å². The molecule has 17 heteroatoms. The van der Waals surface area contributed by atoms with Gasteiger partial charge in [-0.05, 0) is 23.6 Å². The minimum absolute atomic E-state index is 0.0434. The normalized spacial score (nSPS) is 14.1. The third-order valence-corrected chi connectivity index (χ3v) is 4.98. The van der Waals surface area contributed by atoms with Crippen LogP contribution in [-0.2, 0) is 18.6 Å². The third kappa shape index (κ3) is 6.68. The molecule has 0 aromatic heterocycles. The molecule has 0 radical (unpaired) electrons. The lowest BCUT2D eigenvalue weighted by molar-refractivity contribution is -0.320. The van der Waals surface area contributed by atoms with Crippen LogP contribution in [0.1, 0.15) is 26.3 Å². The van der Waals surface area contributed by atoms with Crippen LogP contribution in [0.2, 0.25) is 0 Å². The molecule has 0 bridgehead atoms. The molecule has 204 valence electrons. The fraction of sp³-hybridized carbons (Fsp3) is 0.286. The van der Waals surface area contributed by atoms with Crippen molar-refractivity contribution in [3.8, 4) is 11.8 Å². The van der Waals surface area contributed by atoms with Crippen molar-refractivity contribution in [3.63, 3.8) is 0 Å². The Hall–Kier alpha value is -3.49. The van der Waals surface area contributed by atoms with Gasteiger partial charge in [-0.25, -0.2) is 4.79 Å². The Kier molecular flexibility index (Phi) is 8.19. The molecule has 2 aromatic carbocycles. The average molecular weight is 575 g/mol. The van der Waals surface area contributed by atoms with Crippen molar-refractivity contribution in [3.05, 3.63) is 47.0 Å². The van der Waals surface area contributed by atoms with Gasteiger partial charge in [-0.2, -0.15) is 43.8 Å². The molecule has 0 unspecified atom stereocenters. The fourth-order valence-corrected chi connectivity index (χ4v) is 3.44. The highest BCUT2D eigenvalue weighted by atomic mass is 32.2. The Morgan fingerprint density at radius 2 is 1.53 bits per heavy atom. The standard InChI is InChI=1S/C21H10F9NO6S/c22-19(23,24)18(20(25,26)27)36-9-14(32)35-8-2-3-10-6-7-13-15-11(10)4-1-5-12(15)16(33)31(17(13)34)37-38-21(28,29)30/h1,4-7,18H,8-9H2. The molecule has 1 heterocycles. The lowest BCUT2D eigenvalue weighted by Gasteiger charge is -2.25. The van der Waals surface area contributed by atoms with E-state index in [0.29, 0.717) is 0 Å². The zero-order chi connectivity index (χ0) is 28.5. The van der Waals surface area contributed by atoms with Gasteiger partial charge in [0.2, 0.25) is 6.10 Å². The minimum atomic E-state index is -5.81. The monoisotopic (exact) mass is 575 g/mol. The molecule has 0 fully saturated rings. The summed E-state index contributed by atoms with van der Waals surface area (Å²) in [6.07, 6.45) is -15.8. The molecule has 0 N–H and O–H groups in total. The molecule has 0 saturated carbocycles. The van der Waals surface area contributed by atoms with Crippen LogP contribution in [0.4, 0.5) is 39.5 Å². The van der Waals surface area contributed by atoms with Crippen LogP contribution in [0.25, 0.3) is 10.8 Å². The quantitative estimate of drug-likeness (QED) is 0.159. The lowest BCUT2D eigenvalue weighted by Crippen LogP contribution is -2.45. The molecule has 0 aliphatic carbocycles. The van der Waals surface area contributed by atoms with E-state index in [1.807, 2.05) is 0 Å². The number of hydrogen-bond donors (Lipinski definition) is 0. The van der Waals surface area contributed by atoms with Gasteiger partial charge >= 0.3 is 23.8 Å². The Morgan fingerprint density at radius 1 is 0.921 bits per heavy atom. The summed E-state index contributed by atoms with van der Waals surface area (Å²) >= 11 is -1.06. The zero-order valence-corrected chi connectivity index (χ0v) is 18.9. The first kappa shape index (κ1) is 29.1. The number of benzene rings is 2. The summed E-state index contributed by atoms with van der Waals surface area (Å²) < 4.78 is 124. The van der Waals surface area contributed by atoms with Crippen molar-refractivity contribution in [2.75, 3.05) is 13.2 Å². The number of imide groups is 1. The first-order valence-corrected chi connectivity index (χ1v) is 10.5. The van der Waals surface area contributed by atoms with Gasteiger partial charge in [-0.3, -0.25) is 9.59 Å². The van der Waals surface area contributed by atoms with Crippen LogP contribution < -0.4 is 0 Å². The summed E-state index contributed by atoms with van der Waals surface area (Å²) in [7, 11) is 0. The summed E-state index contributed by atoms with van der Waals surface area (Å²) in [5, 5.41) is 0.191. The summed E-state index contributed by atoms with van der Waals surface area (Å²) in [5.41, 5.74) is -5.13. The molecule has 2 aromatic rings. The molecular formula is C21H10F9NO6S. The van der Waals surface area contributed by atoms with E-state index >= 15 is 0 Å². The molecule has 1 aliphatic heterocycles. The summed E-state index contributed by atoms with van der Waals surface area (Å²) in [6.45, 7) is -2.44. The van der Waals surface area contributed by atoms with Crippen molar-refractivity contribution in [2.24, 2.45) is 0 Å². The highest BCUT2D eigenvalue weighted by Gasteiger charge is 2.58.